The van der Waals surface area contributed by atoms with Crippen LogP contribution >= 0.6 is 23.2 Å². The smallest absolute Gasteiger partial charge is 0.232 e. The number of rotatable bonds is 6. The first-order chi connectivity index (χ1) is 10.2. The van der Waals surface area contributed by atoms with Crippen molar-refractivity contribution in [2.75, 3.05) is 0 Å². The van der Waals surface area contributed by atoms with Gasteiger partial charge in [-0.2, -0.15) is 0 Å². The summed E-state index contributed by atoms with van der Waals surface area (Å²) in [7, 11) is 0. The van der Waals surface area contributed by atoms with Crippen LogP contribution in [0.25, 0.3) is 0 Å². The van der Waals surface area contributed by atoms with Crippen molar-refractivity contribution in [1.29, 1.82) is 0 Å². The highest BCUT2D eigenvalue weighted by Crippen LogP contribution is 2.25. The van der Waals surface area contributed by atoms with E-state index in [4.69, 9.17) is 27.9 Å². The number of pyridine rings is 1. The second kappa shape index (κ2) is 6.65. The minimum Gasteiger partial charge on any atom is -0.472 e. The molecule has 5 heteroatoms. The molecule has 0 unspecified atom stereocenters. The standard InChI is InChI=1S/C16H16Cl2N2O/c17-14-4-2-1-3-12(14)10-21-16-15(18)7-11(9-20-16)8-19-13-5-6-13/h1-4,7,9,13,19H,5-6,8,10H2. The van der Waals surface area contributed by atoms with Gasteiger partial charge in [0.05, 0.1) is 0 Å². The van der Waals surface area contributed by atoms with Crippen molar-refractivity contribution in [2.24, 2.45) is 0 Å². The Morgan fingerprint density at radius 3 is 2.71 bits per heavy atom. The maximum atomic E-state index is 6.22. The van der Waals surface area contributed by atoms with Gasteiger partial charge in [0.25, 0.3) is 0 Å². The van der Waals surface area contributed by atoms with Gasteiger partial charge in [-0.3, -0.25) is 0 Å². The van der Waals surface area contributed by atoms with Gasteiger partial charge < -0.3 is 10.1 Å². The van der Waals surface area contributed by atoms with Crippen LogP contribution in [0.2, 0.25) is 10.0 Å². The molecule has 110 valence electrons. The quantitative estimate of drug-likeness (QED) is 0.864. The zero-order valence-electron chi connectivity index (χ0n) is 11.5. The van der Waals surface area contributed by atoms with Gasteiger partial charge in [0.15, 0.2) is 0 Å². The third-order valence-corrected chi connectivity index (χ3v) is 4.00. The summed E-state index contributed by atoms with van der Waals surface area (Å²) in [5.74, 6) is 0.437. The lowest BCUT2D eigenvalue weighted by Crippen LogP contribution is -2.15. The number of nitrogens with zero attached hydrogens (tertiary/aromatic N) is 1. The first-order valence-electron chi connectivity index (χ1n) is 6.96. The Morgan fingerprint density at radius 1 is 1.19 bits per heavy atom. The van der Waals surface area contributed by atoms with Gasteiger partial charge in [0.1, 0.15) is 11.6 Å². The highest BCUT2D eigenvalue weighted by atomic mass is 35.5. The van der Waals surface area contributed by atoms with Crippen LogP contribution < -0.4 is 10.1 Å². The van der Waals surface area contributed by atoms with Crippen molar-refractivity contribution in [2.45, 2.75) is 32.0 Å². The normalized spacial score (nSPS) is 14.2. The molecular formula is C16H16Cl2N2O. The van der Waals surface area contributed by atoms with Gasteiger partial charge in [-0.15, -0.1) is 0 Å². The van der Waals surface area contributed by atoms with Crippen LogP contribution in [0, 0.1) is 0 Å². The van der Waals surface area contributed by atoms with Crippen LogP contribution in [0.4, 0.5) is 0 Å². The number of ether oxygens (including phenoxy) is 1. The van der Waals surface area contributed by atoms with Crippen LogP contribution in [0.5, 0.6) is 5.88 Å². The van der Waals surface area contributed by atoms with Gasteiger partial charge in [-0.05, 0) is 30.5 Å². The number of aromatic nitrogens is 1. The summed E-state index contributed by atoms with van der Waals surface area (Å²) in [6, 6.07) is 10.1. The molecule has 0 spiro atoms. The monoisotopic (exact) mass is 322 g/mol. The second-order valence-corrected chi connectivity index (χ2v) is 5.98. The highest BCUT2D eigenvalue weighted by Gasteiger charge is 2.20. The first kappa shape index (κ1) is 14.6. The first-order valence-corrected chi connectivity index (χ1v) is 7.72. The molecule has 1 aliphatic carbocycles. The number of hydrogen-bond donors (Lipinski definition) is 1. The third kappa shape index (κ3) is 4.10. The molecule has 2 aromatic rings. The van der Waals surface area contributed by atoms with Crippen molar-refractivity contribution >= 4 is 23.2 Å². The van der Waals surface area contributed by atoms with Gasteiger partial charge in [0.2, 0.25) is 5.88 Å². The highest BCUT2D eigenvalue weighted by molar-refractivity contribution is 6.32. The Hall–Kier alpha value is -1.29. The fourth-order valence-corrected chi connectivity index (χ4v) is 2.41. The zero-order valence-corrected chi connectivity index (χ0v) is 13.0. The van der Waals surface area contributed by atoms with E-state index in [9.17, 15) is 0 Å². The van der Waals surface area contributed by atoms with E-state index in [1.165, 1.54) is 12.8 Å². The summed E-state index contributed by atoms with van der Waals surface area (Å²) in [5.41, 5.74) is 1.98. The Kier molecular flexibility index (Phi) is 4.63. The molecule has 0 bridgehead atoms. The molecular weight excluding hydrogens is 307 g/mol. The summed E-state index contributed by atoms with van der Waals surface area (Å²) >= 11 is 12.3. The topological polar surface area (TPSA) is 34.1 Å². The zero-order chi connectivity index (χ0) is 14.7. The number of halogens is 2. The second-order valence-electron chi connectivity index (χ2n) is 5.17. The molecule has 0 radical (unpaired) electrons. The van der Waals surface area contributed by atoms with E-state index >= 15 is 0 Å². The molecule has 1 aliphatic rings. The third-order valence-electron chi connectivity index (χ3n) is 3.36. The number of nitrogens with one attached hydrogen (secondary N) is 1. The Labute approximate surface area is 134 Å². The SMILES string of the molecule is Clc1ccccc1COc1ncc(CNC2CC2)cc1Cl. The van der Waals surface area contributed by atoms with E-state index in [1.807, 2.05) is 30.3 Å². The van der Waals surface area contributed by atoms with Crippen LogP contribution in [0.1, 0.15) is 24.0 Å². The van der Waals surface area contributed by atoms with E-state index < -0.39 is 0 Å². The summed E-state index contributed by atoms with van der Waals surface area (Å²) in [4.78, 5) is 4.28. The van der Waals surface area contributed by atoms with Crippen molar-refractivity contribution in [3.05, 3.63) is 57.7 Å². The lowest BCUT2D eigenvalue weighted by atomic mass is 10.2. The van der Waals surface area contributed by atoms with Gasteiger partial charge in [-0.1, -0.05) is 41.4 Å². The Morgan fingerprint density at radius 2 is 2.00 bits per heavy atom. The van der Waals surface area contributed by atoms with E-state index in [0.29, 0.717) is 28.6 Å². The van der Waals surface area contributed by atoms with E-state index in [2.05, 4.69) is 10.3 Å². The number of benzene rings is 1. The van der Waals surface area contributed by atoms with Crippen molar-refractivity contribution in [3.63, 3.8) is 0 Å². The number of hydrogen-bond acceptors (Lipinski definition) is 3. The fourth-order valence-electron chi connectivity index (χ4n) is 1.98. The minimum atomic E-state index is 0.353. The molecule has 1 aromatic carbocycles. The molecule has 3 rings (SSSR count). The molecule has 0 amide bonds. The van der Waals surface area contributed by atoms with Gasteiger partial charge in [-0.25, -0.2) is 4.98 Å². The molecule has 3 nitrogen and oxygen atoms in total. The summed E-state index contributed by atoms with van der Waals surface area (Å²) in [6.07, 6.45) is 4.32. The summed E-state index contributed by atoms with van der Waals surface area (Å²) < 4.78 is 5.65. The lowest BCUT2D eigenvalue weighted by molar-refractivity contribution is 0.294. The van der Waals surface area contributed by atoms with Crippen LogP contribution in [-0.2, 0) is 13.2 Å². The molecule has 21 heavy (non-hydrogen) atoms. The molecule has 1 aromatic heterocycles. The maximum Gasteiger partial charge on any atom is 0.232 e. The minimum absolute atomic E-state index is 0.353. The van der Waals surface area contributed by atoms with Crippen molar-refractivity contribution in [3.8, 4) is 5.88 Å². The fraction of sp³-hybridized carbons (Fsp3) is 0.312. The summed E-state index contributed by atoms with van der Waals surface area (Å²) in [6.45, 7) is 1.15. The van der Waals surface area contributed by atoms with Gasteiger partial charge in [0, 0.05) is 29.4 Å². The van der Waals surface area contributed by atoms with E-state index in [0.717, 1.165) is 17.7 Å². The Bertz CT molecular complexity index is 629. The maximum absolute atomic E-state index is 6.22. The average Bonchev–Trinajstić information content (AvgIpc) is 3.30. The molecule has 1 N–H and O–H groups in total. The van der Waals surface area contributed by atoms with Crippen molar-refractivity contribution < 1.29 is 4.74 Å². The Balaban J connectivity index is 1.61. The van der Waals surface area contributed by atoms with Crippen LogP contribution in [-0.4, -0.2) is 11.0 Å². The molecule has 1 fully saturated rings. The van der Waals surface area contributed by atoms with Gasteiger partial charge >= 0.3 is 0 Å². The van der Waals surface area contributed by atoms with Crippen molar-refractivity contribution in [1.82, 2.24) is 10.3 Å². The predicted molar refractivity (Wildman–Crippen MR) is 84.9 cm³/mol. The molecule has 0 atom stereocenters. The largest absolute Gasteiger partial charge is 0.472 e. The van der Waals surface area contributed by atoms with E-state index in [1.54, 1.807) is 6.20 Å². The van der Waals surface area contributed by atoms with E-state index in [-0.39, 0.29) is 0 Å². The molecule has 1 heterocycles. The molecule has 0 aliphatic heterocycles. The van der Waals surface area contributed by atoms with Crippen LogP contribution in [0.15, 0.2) is 36.5 Å². The van der Waals surface area contributed by atoms with Crippen LogP contribution in [0.3, 0.4) is 0 Å². The molecule has 1 saturated carbocycles. The average molecular weight is 323 g/mol. The predicted octanol–water partition coefficient (Wildman–Crippen LogP) is 4.22. The summed E-state index contributed by atoms with van der Waals surface area (Å²) in [5, 5.41) is 4.63. The molecule has 0 saturated heterocycles. The lowest BCUT2D eigenvalue weighted by Gasteiger charge is -2.10.